The molecule has 1 amide bonds. The first-order valence-corrected chi connectivity index (χ1v) is 9.40. The summed E-state index contributed by atoms with van der Waals surface area (Å²) in [6.45, 7) is 9.35. The van der Waals surface area contributed by atoms with E-state index >= 15 is 0 Å². The fraction of sp³-hybridized carbons (Fsp3) is 0.318. The molecule has 2 heterocycles. The molecular formula is C22H27N5O. The summed E-state index contributed by atoms with van der Waals surface area (Å²) in [6.07, 6.45) is 3.58. The van der Waals surface area contributed by atoms with Gasteiger partial charge in [-0.1, -0.05) is 32.9 Å². The van der Waals surface area contributed by atoms with Gasteiger partial charge in [-0.2, -0.15) is 5.10 Å². The molecule has 2 aromatic heterocycles. The molecule has 1 aromatic carbocycles. The van der Waals surface area contributed by atoms with Crippen molar-refractivity contribution in [2.45, 2.75) is 46.2 Å². The van der Waals surface area contributed by atoms with Gasteiger partial charge in [0.05, 0.1) is 17.9 Å². The molecule has 3 rings (SSSR count). The molecule has 0 aliphatic rings. The Kier molecular flexibility index (Phi) is 5.78. The topological polar surface area (TPSA) is 82.7 Å². The average molecular weight is 377 g/mol. The molecule has 0 radical (unpaired) electrons. The third-order valence-electron chi connectivity index (χ3n) is 4.62. The molecule has 146 valence electrons. The number of anilines is 1. The van der Waals surface area contributed by atoms with Crippen molar-refractivity contribution >= 4 is 11.6 Å². The molecule has 0 spiro atoms. The second-order valence-electron chi connectivity index (χ2n) is 7.90. The van der Waals surface area contributed by atoms with Crippen LogP contribution in [0.3, 0.4) is 0 Å². The highest BCUT2D eigenvalue weighted by molar-refractivity contribution is 5.97. The van der Waals surface area contributed by atoms with E-state index in [2.05, 4.69) is 46.6 Å². The summed E-state index contributed by atoms with van der Waals surface area (Å²) in [5.74, 6) is -0.102. The van der Waals surface area contributed by atoms with Crippen LogP contribution < -0.4 is 10.6 Å². The van der Waals surface area contributed by atoms with Crippen molar-refractivity contribution in [3.63, 3.8) is 0 Å². The average Bonchev–Trinajstić information content (AvgIpc) is 3.16. The first-order chi connectivity index (χ1) is 13.3. The summed E-state index contributed by atoms with van der Waals surface area (Å²) in [6, 6.07) is 11.6. The molecule has 0 saturated carbocycles. The van der Waals surface area contributed by atoms with E-state index in [1.807, 2.05) is 49.5 Å². The molecule has 6 heteroatoms. The van der Waals surface area contributed by atoms with Crippen molar-refractivity contribution < 1.29 is 4.79 Å². The first-order valence-electron chi connectivity index (χ1n) is 9.40. The Morgan fingerprint density at radius 2 is 1.96 bits per heavy atom. The lowest BCUT2D eigenvalue weighted by Crippen LogP contribution is -2.24. The van der Waals surface area contributed by atoms with Crippen molar-refractivity contribution in [1.29, 1.82) is 0 Å². The van der Waals surface area contributed by atoms with Gasteiger partial charge in [0.25, 0.3) is 5.91 Å². The normalized spacial score (nSPS) is 11.3. The van der Waals surface area contributed by atoms with E-state index in [-0.39, 0.29) is 11.3 Å². The number of rotatable bonds is 6. The molecule has 0 saturated heterocycles. The van der Waals surface area contributed by atoms with E-state index in [9.17, 15) is 4.79 Å². The fourth-order valence-corrected chi connectivity index (χ4v) is 2.88. The molecule has 0 fully saturated rings. The molecule has 0 aliphatic carbocycles. The Bertz CT molecular complexity index is 941. The van der Waals surface area contributed by atoms with Crippen LogP contribution in [0, 0.1) is 6.92 Å². The SMILES string of the molecule is Cc1c(NCc2cccnc2)cccc1C(=O)NCc1cc(C(C)(C)C)n[nH]1. The number of hydrogen-bond acceptors (Lipinski definition) is 4. The number of nitrogens with zero attached hydrogens (tertiary/aromatic N) is 2. The predicted octanol–water partition coefficient (Wildman–Crippen LogP) is 3.95. The highest BCUT2D eigenvalue weighted by Gasteiger charge is 2.18. The van der Waals surface area contributed by atoms with Gasteiger partial charge in [-0.3, -0.25) is 14.9 Å². The molecule has 28 heavy (non-hydrogen) atoms. The third-order valence-corrected chi connectivity index (χ3v) is 4.62. The number of aromatic amines is 1. The largest absolute Gasteiger partial charge is 0.381 e. The van der Waals surface area contributed by atoms with Crippen LogP contribution in [0.5, 0.6) is 0 Å². The highest BCUT2D eigenvalue weighted by Crippen LogP contribution is 2.21. The van der Waals surface area contributed by atoms with E-state index in [0.717, 1.165) is 28.2 Å². The summed E-state index contributed by atoms with van der Waals surface area (Å²) in [5, 5.41) is 13.7. The van der Waals surface area contributed by atoms with Crippen molar-refractivity contribution in [3.05, 3.63) is 76.9 Å². The number of pyridine rings is 1. The minimum atomic E-state index is -0.102. The van der Waals surface area contributed by atoms with Crippen LogP contribution in [0.15, 0.2) is 48.8 Å². The summed E-state index contributed by atoms with van der Waals surface area (Å²) < 4.78 is 0. The Balaban J connectivity index is 1.64. The van der Waals surface area contributed by atoms with Crippen LogP contribution in [0.2, 0.25) is 0 Å². The van der Waals surface area contributed by atoms with Crippen LogP contribution in [-0.2, 0) is 18.5 Å². The lowest BCUT2D eigenvalue weighted by molar-refractivity contribution is 0.0950. The van der Waals surface area contributed by atoms with Gasteiger partial charge in [-0.15, -0.1) is 0 Å². The lowest BCUT2D eigenvalue weighted by Gasteiger charge is -2.14. The minimum absolute atomic E-state index is 0.0242. The number of carbonyl (C=O) groups is 1. The number of amides is 1. The zero-order chi connectivity index (χ0) is 20.1. The maximum Gasteiger partial charge on any atom is 0.251 e. The number of nitrogens with one attached hydrogen (secondary N) is 3. The minimum Gasteiger partial charge on any atom is -0.381 e. The van der Waals surface area contributed by atoms with Gasteiger partial charge in [0.1, 0.15) is 0 Å². The van der Waals surface area contributed by atoms with E-state index in [0.29, 0.717) is 18.7 Å². The van der Waals surface area contributed by atoms with Crippen LogP contribution in [0.4, 0.5) is 5.69 Å². The molecule has 0 aliphatic heterocycles. The zero-order valence-corrected chi connectivity index (χ0v) is 16.8. The first kappa shape index (κ1) is 19.6. The Morgan fingerprint density at radius 3 is 2.64 bits per heavy atom. The quantitative estimate of drug-likeness (QED) is 0.607. The second-order valence-corrected chi connectivity index (χ2v) is 7.90. The van der Waals surface area contributed by atoms with Gasteiger partial charge < -0.3 is 10.6 Å². The third kappa shape index (κ3) is 4.76. The maximum absolute atomic E-state index is 12.7. The fourth-order valence-electron chi connectivity index (χ4n) is 2.88. The predicted molar refractivity (Wildman–Crippen MR) is 111 cm³/mol. The van der Waals surface area contributed by atoms with Crippen LogP contribution >= 0.6 is 0 Å². The Hall–Kier alpha value is -3.15. The van der Waals surface area contributed by atoms with Crippen LogP contribution in [-0.4, -0.2) is 21.1 Å². The van der Waals surface area contributed by atoms with Crippen molar-refractivity contribution in [1.82, 2.24) is 20.5 Å². The Morgan fingerprint density at radius 1 is 1.14 bits per heavy atom. The monoisotopic (exact) mass is 377 g/mol. The number of benzene rings is 1. The van der Waals surface area contributed by atoms with Gasteiger partial charge in [-0.05, 0) is 42.3 Å². The molecular weight excluding hydrogens is 350 g/mol. The number of aromatic nitrogens is 3. The van der Waals surface area contributed by atoms with Crippen molar-refractivity contribution in [2.75, 3.05) is 5.32 Å². The van der Waals surface area contributed by atoms with E-state index < -0.39 is 0 Å². The summed E-state index contributed by atoms with van der Waals surface area (Å²) in [4.78, 5) is 16.8. The smallest absolute Gasteiger partial charge is 0.251 e. The van der Waals surface area contributed by atoms with E-state index in [1.54, 1.807) is 6.20 Å². The number of H-pyrrole nitrogens is 1. The van der Waals surface area contributed by atoms with Crippen molar-refractivity contribution in [2.24, 2.45) is 0 Å². The van der Waals surface area contributed by atoms with E-state index in [1.165, 1.54) is 0 Å². The summed E-state index contributed by atoms with van der Waals surface area (Å²) >= 11 is 0. The number of carbonyl (C=O) groups excluding carboxylic acids is 1. The zero-order valence-electron chi connectivity index (χ0n) is 16.8. The number of hydrogen-bond donors (Lipinski definition) is 3. The second kappa shape index (κ2) is 8.25. The Labute approximate surface area is 165 Å². The van der Waals surface area contributed by atoms with Crippen LogP contribution in [0.1, 0.15) is 53.6 Å². The molecule has 0 atom stereocenters. The summed E-state index contributed by atoms with van der Waals surface area (Å²) in [7, 11) is 0. The van der Waals surface area contributed by atoms with Gasteiger partial charge in [0.15, 0.2) is 0 Å². The van der Waals surface area contributed by atoms with Gasteiger partial charge in [0.2, 0.25) is 0 Å². The molecule has 6 nitrogen and oxygen atoms in total. The molecule has 0 bridgehead atoms. The van der Waals surface area contributed by atoms with Gasteiger partial charge in [-0.25, -0.2) is 0 Å². The van der Waals surface area contributed by atoms with Gasteiger partial charge >= 0.3 is 0 Å². The van der Waals surface area contributed by atoms with E-state index in [4.69, 9.17) is 0 Å². The highest BCUT2D eigenvalue weighted by atomic mass is 16.1. The standard InChI is InChI=1S/C22H27N5O/c1-15-18(8-5-9-19(15)24-13-16-7-6-10-23-12-16)21(28)25-14-17-11-20(27-26-17)22(2,3)4/h5-12,24H,13-14H2,1-4H3,(H,25,28)(H,26,27). The van der Waals surface area contributed by atoms with Crippen molar-refractivity contribution in [3.8, 4) is 0 Å². The molecule has 3 N–H and O–H groups in total. The maximum atomic E-state index is 12.7. The lowest BCUT2D eigenvalue weighted by atomic mass is 9.92. The molecule has 3 aromatic rings. The van der Waals surface area contributed by atoms with Crippen LogP contribution in [0.25, 0.3) is 0 Å². The van der Waals surface area contributed by atoms with Gasteiger partial charge in [0, 0.05) is 35.6 Å². The molecule has 0 unspecified atom stereocenters. The summed E-state index contributed by atoms with van der Waals surface area (Å²) in [5.41, 5.74) is 5.45.